The van der Waals surface area contributed by atoms with Crippen molar-refractivity contribution in [2.45, 2.75) is 75.7 Å². The molecule has 0 aromatic heterocycles. The lowest BCUT2D eigenvalue weighted by molar-refractivity contribution is -0.174. The van der Waals surface area contributed by atoms with Gasteiger partial charge in [-0.25, -0.2) is 0 Å². The van der Waals surface area contributed by atoms with Gasteiger partial charge < -0.3 is 30.3 Å². The van der Waals surface area contributed by atoms with Gasteiger partial charge in [-0.3, -0.25) is 19.2 Å². The van der Waals surface area contributed by atoms with Gasteiger partial charge in [0.05, 0.1) is 6.61 Å². The number of hydrogen-bond acceptors (Lipinski definition) is 6. The quantitative estimate of drug-likeness (QED) is 0.327. The number of hydrogen-bond donors (Lipinski definition) is 3. The van der Waals surface area contributed by atoms with E-state index in [0.717, 1.165) is 0 Å². The van der Waals surface area contributed by atoms with Crippen LogP contribution >= 0.6 is 0 Å². The van der Waals surface area contributed by atoms with E-state index in [1.807, 2.05) is 0 Å². The number of ether oxygens (including phenoxy) is 2. The molecule has 0 radical (unpaired) electrons. The van der Waals surface area contributed by atoms with Gasteiger partial charge in [0.25, 0.3) is 0 Å². The maximum Gasteiger partial charge on any atom is 0.471 e. The van der Waals surface area contributed by atoms with E-state index >= 15 is 0 Å². The Morgan fingerprint density at radius 1 is 1.00 bits per heavy atom. The van der Waals surface area contributed by atoms with Crippen LogP contribution in [0.3, 0.4) is 0 Å². The highest BCUT2D eigenvalue weighted by molar-refractivity contribution is 5.99. The van der Waals surface area contributed by atoms with Gasteiger partial charge in [-0.1, -0.05) is 60.7 Å². The first-order valence-corrected chi connectivity index (χ1v) is 14.7. The zero-order valence-corrected chi connectivity index (χ0v) is 25.0. The van der Waals surface area contributed by atoms with Gasteiger partial charge in [-0.05, 0) is 50.8 Å². The van der Waals surface area contributed by atoms with Crippen LogP contribution in [-0.2, 0) is 35.1 Å². The number of para-hydroxylation sites is 1. The van der Waals surface area contributed by atoms with Gasteiger partial charge >= 0.3 is 12.1 Å². The number of benzene rings is 2. The molecule has 2 fully saturated rings. The van der Waals surface area contributed by atoms with Crippen LogP contribution in [0.2, 0.25) is 0 Å². The number of carbonyl (C=O) groups excluding carboxylic acids is 4. The SMILES string of the molecule is CC1(C)OC[C@H](/C=C/C[C@@H](NC(=O)[C@H](Cc2ccccc2)NC(=O)C(F)(F)F)C(=O)N2CCC[C@H]2C(=O)Nc2ccccc2)O1. The number of likely N-dealkylation sites (tertiary alicyclic amines) is 1. The maximum atomic E-state index is 13.9. The predicted molar refractivity (Wildman–Crippen MR) is 159 cm³/mol. The van der Waals surface area contributed by atoms with Crippen molar-refractivity contribution in [1.29, 1.82) is 0 Å². The normalized spacial score (nSPS) is 20.9. The Kier molecular flexibility index (Phi) is 11.0. The van der Waals surface area contributed by atoms with Crippen molar-refractivity contribution >= 4 is 29.3 Å². The third kappa shape index (κ3) is 9.63. The van der Waals surface area contributed by atoms with Crippen molar-refractivity contribution in [3.8, 4) is 0 Å². The van der Waals surface area contributed by atoms with E-state index in [1.165, 1.54) is 4.90 Å². The van der Waals surface area contributed by atoms with E-state index < -0.39 is 59.8 Å². The van der Waals surface area contributed by atoms with E-state index in [2.05, 4.69) is 10.6 Å². The number of nitrogens with zero attached hydrogens (tertiary/aromatic N) is 1. The Bertz CT molecular complexity index is 1370. The predicted octanol–water partition coefficient (Wildman–Crippen LogP) is 3.49. The van der Waals surface area contributed by atoms with Gasteiger partial charge in [0.2, 0.25) is 17.7 Å². The lowest BCUT2D eigenvalue weighted by atomic mass is 10.0. The first kappa shape index (κ1) is 33.7. The summed E-state index contributed by atoms with van der Waals surface area (Å²) in [5, 5.41) is 7.12. The summed E-state index contributed by atoms with van der Waals surface area (Å²) < 4.78 is 50.8. The molecule has 2 aromatic carbocycles. The van der Waals surface area contributed by atoms with Gasteiger partial charge in [0, 0.05) is 18.7 Å². The number of nitrogens with one attached hydrogen (secondary N) is 3. The molecule has 2 aromatic rings. The van der Waals surface area contributed by atoms with E-state index in [0.29, 0.717) is 24.1 Å². The highest BCUT2D eigenvalue weighted by atomic mass is 19.4. The van der Waals surface area contributed by atoms with Gasteiger partial charge in [-0.2, -0.15) is 13.2 Å². The largest absolute Gasteiger partial charge is 0.471 e. The lowest BCUT2D eigenvalue weighted by Crippen LogP contribution is -2.57. The molecule has 4 rings (SSSR count). The summed E-state index contributed by atoms with van der Waals surface area (Å²) in [4.78, 5) is 53.8. The van der Waals surface area contributed by atoms with E-state index in [1.54, 1.807) is 92.0 Å². The third-order valence-corrected chi connectivity index (χ3v) is 7.41. The van der Waals surface area contributed by atoms with Crippen LogP contribution in [0.4, 0.5) is 18.9 Å². The van der Waals surface area contributed by atoms with Gasteiger partial charge in [-0.15, -0.1) is 0 Å². The minimum absolute atomic E-state index is 0.0559. The first-order valence-electron chi connectivity index (χ1n) is 14.7. The average Bonchev–Trinajstić information content (AvgIpc) is 3.62. The summed E-state index contributed by atoms with van der Waals surface area (Å²) in [5.74, 6) is -5.03. The fourth-order valence-electron chi connectivity index (χ4n) is 5.22. The molecule has 45 heavy (non-hydrogen) atoms. The molecule has 0 aliphatic carbocycles. The zero-order chi connectivity index (χ0) is 32.6. The molecule has 0 spiro atoms. The van der Waals surface area contributed by atoms with Crippen LogP contribution in [-0.4, -0.2) is 77.9 Å². The average molecular weight is 631 g/mol. The number of halogens is 3. The minimum Gasteiger partial charge on any atom is -0.347 e. The molecule has 242 valence electrons. The fraction of sp³-hybridized carbons (Fsp3) is 0.438. The molecule has 2 heterocycles. The van der Waals surface area contributed by atoms with Crippen molar-refractivity contribution in [2.75, 3.05) is 18.5 Å². The number of alkyl halides is 3. The van der Waals surface area contributed by atoms with Crippen molar-refractivity contribution in [1.82, 2.24) is 15.5 Å². The Morgan fingerprint density at radius 2 is 1.67 bits per heavy atom. The summed E-state index contributed by atoms with van der Waals surface area (Å²) in [5.41, 5.74) is 1.06. The van der Waals surface area contributed by atoms with Crippen LogP contribution in [0.25, 0.3) is 0 Å². The second-order valence-electron chi connectivity index (χ2n) is 11.4. The van der Waals surface area contributed by atoms with E-state index in [-0.39, 0.29) is 26.0 Å². The molecule has 4 atom stereocenters. The summed E-state index contributed by atoms with van der Waals surface area (Å²) in [6, 6.07) is 13.3. The Morgan fingerprint density at radius 3 is 2.29 bits per heavy atom. The minimum atomic E-state index is -5.22. The summed E-state index contributed by atoms with van der Waals surface area (Å²) in [6.45, 7) is 4.02. The highest BCUT2D eigenvalue weighted by Gasteiger charge is 2.42. The van der Waals surface area contributed by atoms with Crippen LogP contribution in [0.15, 0.2) is 72.8 Å². The van der Waals surface area contributed by atoms with Crippen molar-refractivity contribution in [3.05, 3.63) is 78.4 Å². The van der Waals surface area contributed by atoms with Gasteiger partial charge in [0.15, 0.2) is 5.79 Å². The molecule has 0 bridgehead atoms. The van der Waals surface area contributed by atoms with Crippen LogP contribution in [0.1, 0.15) is 38.7 Å². The molecule has 0 saturated carbocycles. The van der Waals surface area contributed by atoms with Gasteiger partial charge in [0.1, 0.15) is 24.2 Å². The second kappa shape index (κ2) is 14.7. The first-order chi connectivity index (χ1) is 21.3. The molecule has 13 heteroatoms. The topological polar surface area (TPSA) is 126 Å². The molecule has 2 aliphatic heterocycles. The lowest BCUT2D eigenvalue weighted by Gasteiger charge is -2.29. The standard InChI is InChI=1S/C32H37F3N4O6/c1-31(2)44-20-23(45-31)15-9-16-24(29(42)39-18-10-17-26(39)28(41)36-22-13-7-4-8-14-22)37-27(40)25(38-30(43)32(33,34)35)19-21-11-5-3-6-12-21/h3-9,11-15,23-26H,10,16-20H2,1-2H3,(H,36,41)(H,37,40)(H,38,43)/b15-9+/t23-,24+,25-,26-/m0/s1. The summed E-state index contributed by atoms with van der Waals surface area (Å²) in [7, 11) is 0. The Hall–Kier alpha value is -4.23. The van der Waals surface area contributed by atoms with Crippen molar-refractivity contribution in [3.63, 3.8) is 0 Å². The van der Waals surface area contributed by atoms with Crippen molar-refractivity contribution in [2.24, 2.45) is 0 Å². The summed E-state index contributed by atoms with van der Waals surface area (Å²) in [6.07, 6.45) is -1.72. The molecule has 3 N–H and O–H groups in total. The molecule has 10 nitrogen and oxygen atoms in total. The molecule has 2 saturated heterocycles. The number of carbonyl (C=O) groups is 4. The Balaban J connectivity index is 1.54. The number of amides is 4. The van der Waals surface area contributed by atoms with Crippen molar-refractivity contribution < 1.29 is 41.8 Å². The molecule has 4 amide bonds. The third-order valence-electron chi connectivity index (χ3n) is 7.41. The number of anilines is 1. The molecular formula is C32H37F3N4O6. The van der Waals surface area contributed by atoms with Crippen LogP contribution in [0.5, 0.6) is 0 Å². The van der Waals surface area contributed by atoms with Crippen LogP contribution < -0.4 is 16.0 Å². The Labute approximate surface area is 259 Å². The van der Waals surface area contributed by atoms with E-state index in [4.69, 9.17) is 9.47 Å². The highest BCUT2D eigenvalue weighted by Crippen LogP contribution is 2.24. The molecular weight excluding hydrogens is 593 g/mol. The fourth-order valence-corrected chi connectivity index (χ4v) is 5.22. The molecule has 2 aliphatic rings. The zero-order valence-electron chi connectivity index (χ0n) is 25.0. The smallest absolute Gasteiger partial charge is 0.347 e. The number of rotatable bonds is 11. The summed E-state index contributed by atoms with van der Waals surface area (Å²) >= 11 is 0. The monoisotopic (exact) mass is 630 g/mol. The maximum absolute atomic E-state index is 13.9. The van der Waals surface area contributed by atoms with Crippen LogP contribution in [0, 0.1) is 0 Å². The van der Waals surface area contributed by atoms with E-state index in [9.17, 15) is 32.3 Å². The second-order valence-corrected chi connectivity index (χ2v) is 11.4. The molecule has 0 unspecified atom stereocenters.